The molecule has 0 saturated carbocycles. The van der Waals surface area contributed by atoms with Gasteiger partial charge in [0.05, 0.1) is 30.6 Å². The van der Waals surface area contributed by atoms with Gasteiger partial charge in [-0.05, 0) is 13.8 Å². The van der Waals surface area contributed by atoms with Crippen molar-refractivity contribution in [2.45, 2.75) is 24.8 Å². The third-order valence-electron chi connectivity index (χ3n) is 3.45. The lowest BCUT2D eigenvalue weighted by Gasteiger charge is -2.33. The molecule has 0 aliphatic carbocycles. The monoisotopic (exact) mass is 288 g/mol. The zero-order chi connectivity index (χ0) is 14.2. The summed E-state index contributed by atoms with van der Waals surface area (Å²) in [7, 11) is -1.84. The number of aryl methyl sites for hydroxylation is 2. The topological polar surface area (TPSA) is 90.5 Å². The van der Waals surface area contributed by atoms with Gasteiger partial charge in [0.1, 0.15) is 4.90 Å². The van der Waals surface area contributed by atoms with Crippen LogP contribution in [-0.2, 0) is 21.8 Å². The van der Waals surface area contributed by atoms with Crippen molar-refractivity contribution in [3.8, 4) is 0 Å². The largest absolute Gasteiger partial charge is 0.378 e. The molecule has 0 radical (unpaired) electrons. The van der Waals surface area contributed by atoms with E-state index in [1.54, 1.807) is 25.6 Å². The molecule has 0 aromatic carbocycles. The zero-order valence-electron chi connectivity index (χ0n) is 11.5. The van der Waals surface area contributed by atoms with Crippen molar-refractivity contribution in [3.63, 3.8) is 0 Å². The minimum atomic E-state index is -3.57. The summed E-state index contributed by atoms with van der Waals surface area (Å²) < 4.78 is 33.9. The van der Waals surface area contributed by atoms with Crippen LogP contribution in [0.15, 0.2) is 4.90 Å². The fraction of sp³-hybridized carbons (Fsp3) is 0.727. The van der Waals surface area contributed by atoms with Gasteiger partial charge in [-0.1, -0.05) is 0 Å². The first-order chi connectivity index (χ1) is 8.89. The Morgan fingerprint density at radius 2 is 2.16 bits per heavy atom. The molecule has 1 atom stereocenters. The Kier molecular flexibility index (Phi) is 3.95. The summed E-state index contributed by atoms with van der Waals surface area (Å²) in [5.41, 5.74) is 6.80. The maximum Gasteiger partial charge on any atom is 0.247 e. The van der Waals surface area contributed by atoms with Crippen molar-refractivity contribution >= 4 is 10.0 Å². The molecule has 1 aliphatic heterocycles. The maximum atomic E-state index is 12.8. The molecule has 1 unspecified atom stereocenters. The van der Waals surface area contributed by atoms with E-state index in [0.717, 1.165) is 0 Å². The zero-order valence-corrected chi connectivity index (χ0v) is 12.3. The predicted octanol–water partition coefficient (Wildman–Crippen LogP) is -0.615. The highest BCUT2D eigenvalue weighted by atomic mass is 32.2. The van der Waals surface area contributed by atoms with Crippen molar-refractivity contribution in [1.82, 2.24) is 14.1 Å². The highest BCUT2D eigenvalue weighted by molar-refractivity contribution is 7.89. The van der Waals surface area contributed by atoms with Crippen molar-refractivity contribution in [2.24, 2.45) is 12.8 Å². The van der Waals surface area contributed by atoms with E-state index < -0.39 is 10.0 Å². The SMILES string of the molecule is Cc1nn(C)c(C)c1S(=O)(=O)N1CCOCC1CN. The van der Waals surface area contributed by atoms with Crippen LogP contribution in [-0.4, -0.2) is 54.8 Å². The fourth-order valence-corrected chi connectivity index (χ4v) is 4.39. The molecule has 2 rings (SSSR count). The molecule has 19 heavy (non-hydrogen) atoms. The summed E-state index contributed by atoms with van der Waals surface area (Å²) >= 11 is 0. The van der Waals surface area contributed by atoms with Crippen LogP contribution in [0.4, 0.5) is 0 Å². The van der Waals surface area contributed by atoms with Crippen LogP contribution in [0.25, 0.3) is 0 Å². The lowest BCUT2D eigenvalue weighted by Crippen LogP contribution is -2.52. The van der Waals surface area contributed by atoms with Crippen LogP contribution in [0.3, 0.4) is 0 Å². The molecule has 1 aromatic heterocycles. The molecule has 108 valence electrons. The minimum Gasteiger partial charge on any atom is -0.378 e. The van der Waals surface area contributed by atoms with E-state index in [1.807, 2.05) is 0 Å². The fourth-order valence-electron chi connectivity index (χ4n) is 2.39. The number of morpholine rings is 1. The summed E-state index contributed by atoms with van der Waals surface area (Å²) in [6.07, 6.45) is 0. The van der Waals surface area contributed by atoms with Gasteiger partial charge in [-0.2, -0.15) is 9.40 Å². The summed E-state index contributed by atoms with van der Waals surface area (Å²) in [6.45, 7) is 4.78. The maximum absolute atomic E-state index is 12.8. The Hall–Kier alpha value is -0.960. The molecule has 2 N–H and O–H groups in total. The Morgan fingerprint density at radius 1 is 1.47 bits per heavy atom. The minimum absolute atomic E-state index is 0.248. The van der Waals surface area contributed by atoms with E-state index in [-0.39, 0.29) is 17.5 Å². The number of hydrogen-bond donors (Lipinski definition) is 1. The van der Waals surface area contributed by atoms with E-state index in [0.29, 0.717) is 31.1 Å². The summed E-state index contributed by atoms with van der Waals surface area (Å²) in [6, 6.07) is -0.308. The Morgan fingerprint density at radius 3 is 2.68 bits per heavy atom. The van der Waals surface area contributed by atoms with Crippen LogP contribution < -0.4 is 5.73 Å². The van der Waals surface area contributed by atoms with Gasteiger partial charge in [-0.3, -0.25) is 4.68 Å². The molecule has 0 spiro atoms. The van der Waals surface area contributed by atoms with Crippen LogP contribution in [0, 0.1) is 13.8 Å². The molecule has 0 amide bonds. The second kappa shape index (κ2) is 5.20. The standard InChI is InChI=1S/C11H20N4O3S/c1-8-11(9(2)14(3)13-8)19(16,17)15-4-5-18-7-10(15)6-12/h10H,4-7,12H2,1-3H3. The first-order valence-corrected chi connectivity index (χ1v) is 7.63. The van der Waals surface area contributed by atoms with E-state index in [4.69, 9.17) is 10.5 Å². The average Bonchev–Trinajstić information content (AvgIpc) is 2.63. The smallest absolute Gasteiger partial charge is 0.247 e. The van der Waals surface area contributed by atoms with Gasteiger partial charge in [0.25, 0.3) is 0 Å². The quantitative estimate of drug-likeness (QED) is 0.801. The normalized spacial score (nSPS) is 21.8. The first kappa shape index (κ1) is 14.4. The van der Waals surface area contributed by atoms with E-state index in [9.17, 15) is 8.42 Å². The Labute approximate surface area is 113 Å². The third kappa shape index (κ3) is 2.40. The Bertz CT molecular complexity index is 567. The number of sulfonamides is 1. The van der Waals surface area contributed by atoms with Crippen LogP contribution in [0.2, 0.25) is 0 Å². The number of rotatable bonds is 3. The van der Waals surface area contributed by atoms with E-state index >= 15 is 0 Å². The predicted molar refractivity (Wildman–Crippen MR) is 70.2 cm³/mol. The van der Waals surface area contributed by atoms with Crippen LogP contribution in [0.5, 0.6) is 0 Å². The second-order valence-electron chi connectivity index (χ2n) is 4.70. The molecule has 1 aliphatic rings. The highest BCUT2D eigenvalue weighted by Crippen LogP contribution is 2.25. The molecule has 1 aromatic rings. The van der Waals surface area contributed by atoms with Crippen molar-refractivity contribution in [2.75, 3.05) is 26.3 Å². The first-order valence-electron chi connectivity index (χ1n) is 6.19. The van der Waals surface area contributed by atoms with Gasteiger partial charge < -0.3 is 10.5 Å². The number of nitrogens with two attached hydrogens (primary N) is 1. The second-order valence-corrected chi connectivity index (χ2v) is 6.53. The van der Waals surface area contributed by atoms with Gasteiger partial charge in [0.15, 0.2) is 0 Å². The summed E-state index contributed by atoms with van der Waals surface area (Å²) in [5, 5.41) is 4.17. The number of ether oxygens (including phenoxy) is 1. The molecule has 0 bridgehead atoms. The molecule has 2 heterocycles. The molecule has 1 fully saturated rings. The van der Waals surface area contributed by atoms with Crippen LogP contribution in [0.1, 0.15) is 11.4 Å². The van der Waals surface area contributed by atoms with Gasteiger partial charge in [-0.25, -0.2) is 8.42 Å². The van der Waals surface area contributed by atoms with Crippen molar-refractivity contribution < 1.29 is 13.2 Å². The molecular weight excluding hydrogens is 268 g/mol. The average molecular weight is 288 g/mol. The number of aromatic nitrogens is 2. The molecule has 1 saturated heterocycles. The summed E-state index contributed by atoms with van der Waals surface area (Å²) in [5.74, 6) is 0. The molecule has 7 nitrogen and oxygen atoms in total. The number of hydrogen-bond acceptors (Lipinski definition) is 5. The van der Waals surface area contributed by atoms with Gasteiger partial charge >= 0.3 is 0 Å². The molecule has 8 heteroatoms. The third-order valence-corrected chi connectivity index (χ3v) is 5.66. The lowest BCUT2D eigenvalue weighted by atomic mass is 10.3. The lowest BCUT2D eigenvalue weighted by molar-refractivity contribution is 0.0358. The summed E-state index contributed by atoms with van der Waals surface area (Å²) in [4.78, 5) is 0.287. The van der Waals surface area contributed by atoms with E-state index in [2.05, 4.69) is 5.10 Å². The molecular formula is C11H20N4O3S. The highest BCUT2D eigenvalue weighted by Gasteiger charge is 2.36. The van der Waals surface area contributed by atoms with E-state index in [1.165, 1.54) is 4.31 Å². The van der Waals surface area contributed by atoms with Crippen molar-refractivity contribution in [3.05, 3.63) is 11.4 Å². The van der Waals surface area contributed by atoms with Crippen molar-refractivity contribution in [1.29, 1.82) is 0 Å². The van der Waals surface area contributed by atoms with Crippen LogP contribution >= 0.6 is 0 Å². The van der Waals surface area contributed by atoms with Gasteiger partial charge in [0, 0.05) is 20.1 Å². The number of nitrogens with zero attached hydrogens (tertiary/aromatic N) is 3. The van der Waals surface area contributed by atoms with Gasteiger partial charge in [-0.15, -0.1) is 0 Å². The Balaban J connectivity index is 2.46. The van der Waals surface area contributed by atoms with Gasteiger partial charge in [0.2, 0.25) is 10.0 Å².